The van der Waals surface area contributed by atoms with Crippen molar-refractivity contribution in [1.29, 1.82) is 0 Å². The molecule has 0 aliphatic carbocycles. The predicted molar refractivity (Wildman–Crippen MR) is 227 cm³/mol. The van der Waals surface area contributed by atoms with Gasteiger partial charge in [-0.1, -0.05) is 239 Å². The highest BCUT2D eigenvalue weighted by Crippen LogP contribution is 2.20. The van der Waals surface area contributed by atoms with E-state index in [1.807, 2.05) is 0 Å². The van der Waals surface area contributed by atoms with Crippen molar-refractivity contribution in [1.82, 2.24) is 0 Å². The third kappa shape index (κ3) is 43.3. The number of esters is 1. The summed E-state index contributed by atoms with van der Waals surface area (Å²) in [5.74, 6) is -0.682. The van der Waals surface area contributed by atoms with E-state index in [9.17, 15) is 9.59 Å². The van der Waals surface area contributed by atoms with Crippen LogP contribution in [0.15, 0.2) is 0 Å². The lowest BCUT2D eigenvalue weighted by molar-refractivity contribution is -0.150. The molecule has 0 aliphatic heterocycles. The van der Waals surface area contributed by atoms with Crippen LogP contribution >= 0.6 is 0 Å². The summed E-state index contributed by atoms with van der Waals surface area (Å²) < 4.78 is 6.04. The quantitative estimate of drug-likeness (QED) is 0.0500. The van der Waals surface area contributed by atoms with Gasteiger partial charge in [-0.2, -0.15) is 0 Å². The summed E-state index contributed by atoms with van der Waals surface area (Å²) in [5, 5.41) is 8.85. The van der Waals surface area contributed by atoms with E-state index in [-0.39, 0.29) is 18.5 Å². The minimum atomic E-state index is -0.694. The van der Waals surface area contributed by atoms with Crippen LogP contribution < -0.4 is 0 Å². The predicted octanol–water partition coefficient (Wildman–Crippen LogP) is 16.8. The second-order valence-corrected chi connectivity index (χ2v) is 16.7. The van der Waals surface area contributed by atoms with E-state index < -0.39 is 5.97 Å². The first kappa shape index (κ1) is 50.9. The number of carbonyl (C=O) groups is 2. The number of carboxylic acid groups (broad SMARTS) is 1. The Morgan fingerprint density at radius 1 is 0.346 bits per heavy atom. The number of carboxylic acids is 1. The molecule has 0 radical (unpaired) electrons. The summed E-state index contributed by atoms with van der Waals surface area (Å²) in [6, 6.07) is 0. The van der Waals surface area contributed by atoms with E-state index in [1.165, 1.54) is 199 Å². The van der Waals surface area contributed by atoms with Crippen LogP contribution in [0.4, 0.5) is 0 Å². The van der Waals surface area contributed by atoms with Crippen molar-refractivity contribution in [2.24, 2.45) is 0 Å². The zero-order valence-corrected chi connectivity index (χ0v) is 35.7. The van der Waals surface area contributed by atoms with Crippen LogP contribution in [0.1, 0.15) is 290 Å². The lowest BCUT2D eigenvalue weighted by Crippen LogP contribution is -2.18. The van der Waals surface area contributed by atoms with Crippen LogP contribution in [0, 0.1) is 0 Å². The maximum atomic E-state index is 12.7. The van der Waals surface area contributed by atoms with Crippen molar-refractivity contribution in [3.05, 3.63) is 0 Å². The molecule has 52 heavy (non-hydrogen) atoms. The fraction of sp³-hybridized carbons (Fsp3) is 0.958. The van der Waals surface area contributed by atoms with Gasteiger partial charge in [0.05, 0.1) is 0 Å². The molecule has 0 saturated carbocycles. The number of hydrogen-bond acceptors (Lipinski definition) is 3. The van der Waals surface area contributed by atoms with Gasteiger partial charge in [-0.15, -0.1) is 0 Å². The average molecular weight is 735 g/mol. The number of aliphatic carboxylic acids is 1. The standard InChI is InChI=1S/C48H94O4/c1-3-5-7-9-11-13-15-17-18-19-20-21-22-23-24-25-26-28-30-32-37-41-45-48(51)52-46(43-39-35-33-36-40-44-47(49)50)42-38-34-31-29-27-16-14-12-10-8-6-4-2/h46H,3-45H2,1-2H3,(H,49,50). The first-order chi connectivity index (χ1) is 25.6. The average Bonchev–Trinajstić information content (AvgIpc) is 3.13. The second-order valence-electron chi connectivity index (χ2n) is 16.7. The highest BCUT2D eigenvalue weighted by Gasteiger charge is 2.14. The first-order valence-corrected chi connectivity index (χ1v) is 24.0. The fourth-order valence-corrected chi connectivity index (χ4v) is 7.78. The van der Waals surface area contributed by atoms with Gasteiger partial charge in [0.15, 0.2) is 0 Å². The summed E-state index contributed by atoms with van der Waals surface area (Å²) in [6.45, 7) is 4.58. The molecule has 0 spiro atoms. The van der Waals surface area contributed by atoms with E-state index in [2.05, 4.69) is 13.8 Å². The van der Waals surface area contributed by atoms with Crippen LogP contribution in [-0.4, -0.2) is 23.1 Å². The summed E-state index contributed by atoms with van der Waals surface area (Å²) in [7, 11) is 0. The normalized spacial score (nSPS) is 12.0. The van der Waals surface area contributed by atoms with E-state index in [0.717, 1.165) is 64.2 Å². The summed E-state index contributed by atoms with van der Waals surface area (Å²) in [5.41, 5.74) is 0. The molecule has 0 fully saturated rings. The SMILES string of the molecule is CCCCCCCCCCCCCCCCCCCCCCCCC(=O)OC(CCCCCCCCCCCCCC)CCCCCCCC(=O)O. The number of hydrogen-bond donors (Lipinski definition) is 1. The molecular formula is C48H94O4. The molecule has 0 aliphatic rings. The lowest BCUT2D eigenvalue weighted by atomic mass is 10.0. The topological polar surface area (TPSA) is 63.6 Å². The summed E-state index contributed by atoms with van der Waals surface area (Å²) in [4.78, 5) is 23.5. The monoisotopic (exact) mass is 735 g/mol. The van der Waals surface area contributed by atoms with Gasteiger partial charge >= 0.3 is 11.9 Å². The zero-order valence-electron chi connectivity index (χ0n) is 35.7. The summed E-state index contributed by atoms with van der Waals surface area (Å²) in [6.07, 6.45) is 54.4. The molecular weight excluding hydrogens is 641 g/mol. The smallest absolute Gasteiger partial charge is 0.306 e. The Morgan fingerprint density at radius 2 is 0.577 bits per heavy atom. The van der Waals surface area contributed by atoms with Gasteiger partial charge in [0, 0.05) is 12.8 Å². The van der Waals surface area contributed by atoms with Crippen molar-refractivity contribution >= 4 is 11.9 Å². The van der Waals surface area contributed by atoms with Crippen molar-refractivity contribution in [2.45, 2.75) is 296 Å². The molecule has 1 unspecified atom stereocenters. The molecule has 0 bridgehead atoms. The van der Waals surface area contributed by atoms with Crippen LogP contribution in [0.5, 0.6) is 0 Å². The number of unbranched alkanes of at least 4 members (excludes halogenated alkanes) is 36. The van der Waals surface area contributed by atoms with Crippen LogP contribution in [-0.2, 0) is 14.3 Å². The minimum Gasteiger partial charge on any atom is -0.481 e. The van der Waals surface area contributed by atoms with Gasteiger partial charge in [-0.3, -0.25) is 9.59 Å². The van der Waals surface area contributed by atoms with Crippen molar-refractivity contribution in [3.63, 3.8) is 0 Å². The maximum Gasteiger partial charge on any atom is 0.306 e. The van der Waals surface area contributed by atoms with Gasteiger partial charge in [-0.25, -0.2) is 0 Å². The Labute approximate surface area is 326 Å². The molecule has 1 N–H and O–H groups in total. The van der Waals surface area contributed by atoms with Crippen LogP contribution in [0.2, 0.25) is 0 Å². The van der Waals surface area contributed by atoms with Crippen LogP contribution in [0.25, 0.3) is 0 Å². The molecule has 310 valence electrons. The third-order valence-corrected chi connectivity index (χ3v) is 11.3. The van der Waals surface area contributed by atoms with Crippen molar-refractivity contribution in [3.8, 4) is 0 Å². The number of rotatable bonds is 45. The molecule has 0 rings (SSSR count). The summed E-state index contributed by atoms with van der Waals surface area (Å²) >= 11 is 0. The third-order valence-electron chi connectivity index (χ3n) is 11.3. The molecule has 4 nitrogen and oxygen atoms in total. The molecule has 0 amide bonds. The molecule has 0 saturated heterocycles. The van der Waals surface area contributed by atoms with Gasteiger partial charge in [-0.05, 0) is 38.5 Å². The molecule has 1 atom stereocenters. The highest BCUT2D eigenvalue weighted by atomic mass is 16.5. The van der Waals surface area contributed by atoms with Gasteiger partial charge in [0.1, 0.15) is 6.10 Å². The van der Waals surface area contributed by atoms with Crippen molar-refractivity contribution in [2.75, 3.05) is 0 Å². The van der Waals surface area contributed by atoms with Gasteiger partial charge in [0.25, 0.3) is 0 Å². The molecule has 0 heterocycles. The minimum absolute atomic E-state index is 0.0126. The Bertz CT molecular complexity index is 706. The Kier molecular flexibility index (Phi) is 43.4. The van der Waals surface area contributed by atoms with E-state index in [0.29, 0.717) is 6.42 Å². The number of ether oxygens (including phenoxy) is 1. The Morgan fingerprint density at radius 3 is 0.846 bits per heavy atom. The van der Waals surface area contributed by atoms with Crippen molar-refractivity contribution < 1.29 is 19.4 Å². The van der Waals surface area contributed by atoms with E-state index >= 15 is 0 Å². The van der Waals surface area contributed by atoms with E-state index in [4.69, 9.17) is 9.84 Å². The molecule has 0 aromatic carbocycles. The van der Waals surface area contributed by atoms with Gasteiger partial charge < -0.3 is 9.84 Å². The first-order valence-electron chi connectivity index (χ1n) is 24.0. The lowest BCUT2D eigenvalue weighted by Gasteiger charge is -2.18. The molecule has 4 heteroatoms. The zero-order chi connectivity index (χ0) is 37.8. The molecule has 0 aromatic heterocycles. The van der Waals surface area contributed by atoms with E-state index in [1.54, 1.807) is 0 Å². The van der Waals surface area contributed by atoms with Crippen LogP contribution in [0.3, 0.4) is 0 Å². The maximum absolute atomic E-state index is 12.7. The highest BCUT2D eigenvalue weighted by molar-refractivity contribution is 5.69. The largest absolute Gasteiger partial charge is 0.481 e. The second kappa shape index (κ2) is 44.3. The Balaban J connectivity index is 3.83. The fourth-order valence-electron chi connectivity index (χ4n) is 7.78. The Hall–Kier alpha value is -1.06. The van der Waals surface area contributed by atoms with Gasteiger partial charge in [0.2, 0.25) is 0 Å². The number of carbonyl (C=O) groups excluding carboxylic acids is 1. The molecule has 0 aromatic rings.